The molecule has 0 aromatic heterocycles. The first-order chi connectivity index (χ1) is 15.3. The van der Waals surface area contributed by atoms with Crippen molar-refractivity contribution in [2.24, 2.45) is 0 Å². The molecular formula is C23H21ClN2O5S. The average molecular weight is 473 g/mol. The molecule has 3 aromatic carbocycles. The van der Waals surface area contributed by atoms with Gasteiger partial charge in [0.25, 0.3) is 5.91 Å². The number of ether oxygens (including phenoxy) is 1. The number of hydrogen-bond acceptors (Lipinski definition) is 5. The van der Waals surface area contributed by atoms with Crippen molar-refractivity contribution in [3.8, 4) is 0 Å². The SMILES string of the molecule is O=C(COC(=O)c1ccc(Cl)c(S(=O)(=O)NCc2ccccc2)c1)NCc1ccccc1. The van der Waals surface area contributed by atoms with Crippen LogP contribution in [0.2, 0.25) is 5.02 Å². The molecule has 0 saturated carbocycles. The maximum Gasteiger partial charge on any atom is 0.338 e. The molecule has 32 heavy (non-hydrogen) atoms. The minimum absolute atomic E-state index is 0.0367. The summed E-state index contributed by atoms with van der Waals surface area (Å²) >= 11 is 6.06. The van der Waals surface area contributed by atoms with Crippen molar-refractivity contribution >= 4 is 33.5 Å². The Morgan fingerprint density at radius 3 is 2.06 bits per heavy atom. The van der Waals surface area contributed by atoms with E-state index in [-0.39, 0.29) is 22.0 Å². The van der Waals surface area contributed by atoms with Crippen LogP contribution in [0.15, 0.2) is 83.8 Å². The lowest BCUT2D eigenvalue weighted by molar-refractivity contribution is -0.124. The zero-order valence-corrected chi connectivity index (χ0v) is 18.5. The monoisotopic (exact) mass is 472 g/mol. The molecule has 1 amide bonds. The van der Waals surface area contributed by atoms with Gasteiger partial charge in [0, 0.05) is 13.1 Å². The van der Waals surface area contributed by atoms with Crippen LogP contribution in [0.3, 0.4) is 0 Å². The fourth-order valence-corrected chi connectivity index (χ4v) is 4.29. The summed E-state index contributed by atoms with van der Waals surface area (Å²) in [6, 6.07) is 22.0. The van der Waals surface area contributed by atoms with Gasteiger partial charge in [0.05, 0.1) is 10.6 Å². The highest BCUT2D eigenvalue weighted by Gasteiger charge is 2.21. The van der Waals surface area contributed by atoms with Crippen molar-refractivity contribution in [1.82, 2.24) is 10.0 Å². The van der Waals surface area contributed by atoms with Crippen LogP contribution in [0.5, 0.6) is 0 Å². The molecule has 0 saturated heterocycles. The predicted molar refractivity (Wildman–Crippen MR) is 120 cm³/mol. The van der Waals surface area contributed by atoms with Crippen LogP contribution in [-0.2, 0) is 32.6 Å². The molecule has 7 nitrogen and oxygen atoms in total. The molecular weight excluding hydrogens is 452 g/mol. The lowest BCUT2D eigenvalue weighted by Crippen LogP contribution is -2.28. The van der Waals surface area contributed by atoms with Crippen molar-refractivity contribution in [2.45, 2.75) is 18.0 Å². The molecule has 3 aromatic rings. The van der Waals surface area contributed by atoms with Gasteiger partial charge in [-0.1, -0.05) is 72.3 Å². The van der Waals surface area contributed by atoms with Crippen molar-refractivity contribution in [2.75, 3.05) is 6.61 Å². The Hall–Kier alpha value is -3.20. The highest BCUT2D eigenvalue weighted by molar-refractivity contribution is 7.89. The molecule has 0 unspecified atom stereocenters. The lowest BCUT2D eigenvalue weighted by atomic mass is 10.2. The van der Waals surface area contributed by atoms with E-state index < -0.39 is 28.5 Å². The number of hydrogen-bond donors (Lipinski definition) is 2. The molecule has 9 heteroatoms. The number of sulfonamides is 1. The maximum absolute atomic E-state index is 12.7. The molecule has 0 aliphatic heterocycles. The molecule has 166 valence electrons. The molecule has 3 rings (SSSR count). The van der Waals surface area contributed by atoms with E-state index in [1.54, 1.807) is 24.3 Å². The van der Waals surface area contributed by atoms with Crippen LogP contribution in [0, 0.1) is 0 Å². The number of carbonyl (C=O) groups is 2. The number of carbonyl (C=O) groups excluding carboxylic acids is 2. The van der Waals surface area contributed by atoms with Crippen LogP contribution in [0.25, 0.3) is 0 Å². The van der Waals surface area contributed by atoms with Gasteiger partial charge in [0.1, 0.15) is 4.90 Å². The van der Waals surface area contributed by atoms with E-state index >= 15 is 0 Å². The molecule has 0 aliphatic rings. The lowest BCUT2D eigenvalue weighted by Gasteiger charge is -2.11. The van der Waals surface area contributed by atoms with Gasteiger partial charge in [-0.3, -0.25) is 4.79 Å². The highest BCUT2D eigenvalue weighted by Crippen LogP contribution is 2.23. The van der Waals surface area contributed by atoms with E-state index in [1.807, 2.05) is 36.4 Å². The third-order valence-corrected chi connectivity index (χ3v) is 6.32. The molecule has 0 heterocycles. The Morgan fingerprint density at radius 2 is 1.44 bits per heavy atom. The van der Waals surface area contributed by atoms with E-state index in [0.29, 0.717) is 6.54 Å². The summed E-state index contributed by atoms with van der Waals surface area (Å²) in [7, 11) is -3.98. The van der Waals surface area contributed by atoms with E-state index in [2.05, 4.69) is 10.0 Å². The summed E-state index contributed by atoms with van der Waals surface area (Å²) in [6.45, 7) is -0.133. The van der Waals surface area contributed by atoms with Crippen LogP contribution in [0.4, 0.5) is 0 Å². The number of halogens is 1. The maximum atomic E-state index is 12.7. The summed E-state index contributed by atoms with van der Waals surface area (Å²) in [6.07, 6.45) is 0. The zero-order valence-electron chi connectivity index (χ0n) is 17.0. The standard InChI is InChI=1S/C23H21ClN2O5S/c24-20-12-11-19(13-21(20)32(29,30)26-15-18-9-5-2-6-10-18)23(28)31-16-22(27)25-14-17-7-3-1-4-8-17/h1-13,26H,14-16H2,(H,25,27). The molecule has 0 bridgehead atoms. The van der Waals surface area contributed by atoms with Gasteiger partial charge in [-0.15, -0.1) is 0 Å². The van der Waals surface area contributed by atoms with Gasteiger partial charge in [-0.25, -0.2) is 17.9 Å². The highest BCUT2D eigenvalue weighted by atomic mass is 35.5. The zero-order chi connectivity index (χ0) is 23.0. The van der Waals surface area contributed by atoms with Gasteiger partial charge in [-0.2, -0.15) is 0 Å². The topological polar surface area (TPSA) is 102 Å². The van der Waals surface area contributed by atoms with Crippen LogP contribution in [0.1, 0.15) is 21.5 Å². The van der Waals surface area contributed by atoms with E-state index in [9.17, 15) is 18.0 Å². The van der Waals surface area contributed by atoms with Crippen LogP contribution < -0.4 is 10.0 Å². The number of esters is 1. The minimum Gasteiger partial charge on any atom is -0.452 e. The van der Waals surface area contributed by atoms with Gasteiger partial charge < -0.3 is 10.1 Å². The van der Waals surface area contributed by atoms with Gasteiger partial charge in [-0.05, 0) is 29.3 Å². The van der Waals surface area contributed by atoms with Gasteiger partial charge in [0.15, 0.2) is 6.61 Å². The largest absolute Gasteiger partial charge is 0.452 e. The summed E-state index contributed by atoms with van der Waals surface area (Å²) in [5, 5.41) is 2.60. The second-order valence-electron chi connectivity index (χ2n) is 6.79. The number of rotatable bonds is 9. The number of amides is 1. The summed E-state index contributed by atoms with van der Waals surface area (Å²) in [5.74, 6) is -1.32. The van der Waals surface area contributed by atoms with Crippen LogP contribution in [-0.4, -0.2) is 26.9 Å². The summed E-state index contributed by atoms with van der Waals surface area (Å²) in [4.78, 5) is 24.0. The first-order valence-corrected chi connectivity index (χ1v) is 11.5. The number of nitrogens with one attached hydrogen (secondary N) is 2. The Kier molecular flexibility index (Phi) is 7.99. The predicted octanol–water partition coefficient (Wildman–Crippen LogP) is 3.29. The Balaban J connectivity index is 1.60. The summed E-state index contributed by atoms with van der Waals surface area (Å²) < 4.78 is 32.8. The van der Waals surface area contributed by atoms with Crippen molar-refractivity contribution < 1.29 is 22.7 Å². The molecule has 0 aliphatic carbocycles. The first kappa shape index (κ1) is 23.5. The Morgan fingerprint density at radius 1 is 0.844 bits per heavy atom. The normalized spacial score (nSPS) is 11.0. The van der Waals surface area contributed by atoms with Gasteiger partial charge >= 0.3 is 5.97 Å². The number of benzene rings is 3. The molecule has 0 fully saturated rings. The second-order valence-corrected chi connectivity index (χ2v) is 8.94. The average Bonchev–Trinajstić information content (AvgIpc) is 2.81. The quantitative estimate of drug-likeness (QED) is 0.465. The van der Waals surface area contributed by atoms with E-state index in [0.717, 1.165) is 17.2 Å². The van der Waals surface area contributed by atoms with Crippen molar-refractivity contribution in [3.05, 3.63) is 101 Å². The first-order valence-electron chi connectivity index (χ1n) is 9.66. The molecule has 0 spiro atoms. The van der Waals surface area contributed by atoms with Gasteiger partial charge in [0.2, 0.25) is 10.0 Å². The Labute approximate surface area is 191 Å². The fourth-order valence-electron chi connectivity index (χ4n) is 2.75. The molecule has 0 atom stereocenters. The Bertz CT molecular complexity index is 1190. The van der Waals surface area contributed by atoms with Crippen molar-refractivity contribution in [3.63, 3.8) is 0 Å². The van der Waals surface area contributed by atoms with Crippen LogP contribution >= 0.6 is 11.6 Å². The van der Waals surface area contributed by atoms with Crippen molar-refractivity contribution in [1.29, 1.82) is 0 Å². The van der Waals surface area contributed by atoms with E-state index in [1.165, 1.54) is 12.1 Å². The third kappa shape index (κ3) is 6.65. The second kappa shape index (κ2) is 10.9. The van der Waals surface area contributed by atoms with E-state index in [4.69, 9.17) is 16.3 Å². The fraction of sp³-hybridized carbons (Fsp3) is 0.130. The smallest absolute Gasteiger partial charge is 0.338 e. The molecule has 2 N–H and O–H groups in total. The minimum atomic E-state index is -3.98. The third-order valence-electron chi connectivity index (χ3n) is 4.43. The summed E-state index contributed by atoms with van der Waals surface area (Å²) in [5.41, 5.74) is 1.64. The molecule has 0 radical (unpaired) electrons.